The van der Waals surface area contributed by atoms with Crippen molar-refractivity contribution in [3.05, 3.63) is 73.4 Å². The highest BCUT2D eigenvalue weighted by atomic mass is 35.5. The van der Waals surface area contributed by atoms with Gasteiger partial charge in [0.2, 0.25) is 17.8 Å². The van der Waals surface area contributed by atoms with Crippen molar-refractivity contribution in [1.82, 2.24) is 9.97 Å². The monoisotopic (exact) mass is 477 g/mol. The summed E-state index contributed by atoms with van der Waals surface area (Å²) in [6, 6.07) is 11.3. The molecule has 2 amide bonds. The number of anilines is 4. The number of aromatic nitrogens is 2. The molecule has 11 heteroatoms. The zero-order chi connectivity index (χ0) is 22.1. The number of H-pyrrole nitrogens is 1. The Morgan fingerprint density at radius 3 is 2.42 bits per heavy atom. The number of carbonyl (C=O) groups is 2. The molecule has 0 saturated heterocycles. The number of rotatable bonds is 4. The number of hydrogen-bond acceptors (Lipinski definition) is 5. The number of nitrogens with zero attached hydrogens (tertiary/aromatic N) is 1. The van der Waals surface area contributed by atoms with Gasteiger partial charge >= 0.3 is 0 Å². The molecule has 0 radical (unpaired) electrons. The minimum atomic E-state index is -1.03. The molecule has 8 nitrogen and oxygen atoms in total. The smallest absolute Gasteiger partial charge is 0.258 e. The van der Waals surface area contributed by atoms with E-state index in [1.54, 1.807) is 30.3 Å². The molecule has 0 aliphatic carbocycles. The average molecular weight is 479 g/mol. The van der Waals surface area contributed by atoms with E-state index in [0.29, 0.717) is 21.4 Å². The van der Waals surface area contributed by atoms with E-state index in [1.807, 2.05) is 0 Å². The lowest BCUT2D eigenvalue weighted by Gasteiger charge is -2.23. The summed E-state index contributed by atoms with van der Waals surface area (Å²) in [6.07, 6.45) is -0.200. The van der Waals surface area contributed by atoms with E-state index in [4.69, 9.17) is 34.8 Å². The van der Waals surface area contributed by atoms with Gasteiger partial charge < -0.3 is 16.0 Å². The Bertz CT molecular complexity index is 1240. The van der Waals surface area contributed by atoms with Gasteiger partial charge in [-0.2, -0.15) is 4.98 Å². The molecule has 2 aromatic carbocycles. The molecule has 0 bridgehead atoms. The summed E-state index contributed by atoms with van der Waals surface area (Å²) in [5, 5.41) is 9.29. The van der Waals surface area contributed by atoms with Crippen molar-refractivity contribution in [3.63, 3.8) is 0 Å². The Balaban J connectivity index is 1.63. The van der Waals surface area contributed by atoms with E-state index in [0.717, 1.165) is 0 Å². The average Bonchev–Trinajstić information content (AvgIpc) is 2.71. The molecule has 1 aromatic heterocycles. The third kappa shape index (κ3) is 4.66. The highest BCUT2D eigenvalue weighted by molar-refractivity contribution is 6.42. The lowest BCUT2D eigenvalue weighted by molar-refractivity contribution is -0.123. The van der Waals surface area contributed by atoms with Gasteiger partial charge in [0.1, 0.15) is 5.82 Å². The Morgan fingerprint density at radius 1 is 1.00 bits per heavy atom. The Hall–Kier alpha value is -3.07. The molecule has 1 unspecified atom stereocenters. The lowest BCUT2D eigenvalue weighted by atomic mass is 9.92. The van der Waals surface area contributed by atoms with Gasteiger partial charge in [0.15, 0.2) is 0 Å². The minimum absolute atomic E-state index is 0.0192. The van der Waals surface area contributed by atoms with Crippen LogP contribution in [-0.2, 0) is 9.59 Å². The molecule has 1 aliphatic rings. The molecule has 0 spiro atoms. The van der Waals surface area contributed by atoms with Crippen molar-refractivity contribution in [2.24, 2.45) is 0 Å². The van der Waals surface area contributed by atoms with Crippen LogP contribution in [0, 0.1) is 0 Å². The van der Waals surface area contributed by atoms with Crippen LogP contribution in [0.25, 0.3) is 0 Å². The number of hydrogen-bond donors (Lipinski definition) is 4. The summed E-state index contributed by atoms with van der Waals surface area (Å²) in [6.45, 7) is 0. The lowest BCUT2D eigenvalue weighted by Crippen LogP contribution is -2.36. The van der Waals surface area contributed by atoms with Crippen molar-refractivity contribution < 1.29 is 9.59 Å². The molecule has 0 fully saturated rings. The zero-order valence-electron chi connectivity index (χ0n) is 15.6. The molecule has 4 N–H and O–H groups in total. The van der Waals surface area contributed by atoms with E-state index >= 15 is 0 Å². The van der Waals surface area contributed by atoms with Gasteiger partial charge in [-0.05, 0) is 42.5 Å². The van der Waals surface area contributed by atoms with Crippen LogP contribution in [0.3, 0.4) is 0 Å². The number of carbonyl (C=O) groups excluding carboxylic acids is 2. The fourth-order valence-electron chi connectivity index (χ4n) is 3.13. The second kappa shape index (κ2) is 8.58. The molecule has 0 saturated carbocycles. The first kappa shape index (κ1) is 21.2. The Labute approximate surface area is 190 Å². The minimum Gasteiger partial charge on any atom is -0.326 e. The van der Waals surface area contributed by atoms with Crippen LogP contribution in [0.2, 0.25) is 15.1 Å². The van der Waals surface area contributed by atoms with Gasteiger partial charge in [-0.1, -0.05) is 34.8 Å². The summed E-state index contributed by atoms with van der Waals surface area (Å²) in [5.74, 6) is -1.88. The van der Waals surface area contributed by atoms with Crippen LogP contribution in [-0.4, -0.2) is 21.8 Å². The van der Waals surface area contributed by atoms with Crippen LogP contribution in [0.5, 0.6) is 0 Å². The maximum Gasteiger partial charge on any atom is 0.258 e. The summed E-state index contributed by atoms with van der Waals surface area (Å²) in [4.78, 5) is 44.7. The maximum absolute atomic E-state index is 12.9. The van der Waals surface area contributed by atoms with Crippen LogP contribution < -0.4 is 21.5 Å². The normalized spacial score (nSPS) is 15.1. The summed E-state index contributed by atoms with van der Waals surface area (Å²) in [5.41, 5.74) is 0.537. The van der Waals surface area contributed by atoms with Crippen molar-refractivity contribution in [1.29, 1.82) is 0 Å². The molecule has 158 valence electrons. The van der Waals surface area contributed by atoms with Gasteiger partial charge in [0.05, 0.1) is 21.5 Å². The maximum atomic E-state index is 12.9. The zero-order valence-corrected chi connectivity index (χ0v) is 17.9. The van der Waals surface area contributed by atoms with E-state index in [-0.39, 0.29) is 28.8 Å². The number of aromatic amines is 1. The molecular weight excluding hydrogens is 465 g/mol. The fourth-order valence-corrected chi connectivity index (χ4v) is 3.55. The van der Waals surface area contributed by atoms with Crippen molar-refractivity contribution in [2.45, 2.75) is 12.3 Å². The molecule has 4 rings (SSSR count). The highest BCUT2D eigenvalue weighted by Crippen LogP contribution is 2.31. The molecule has 2 heterocycles. The van der Waals surface area contributed by atoms with Gasteiger partial charge in [0.25, 0.3) is 5.56 Å². The summed E-state index contributed by atoms with van der Waals surface area (Å²) in [7, 11) is 0. The molecular formula is C20H14Cl3N5O3. The van der Waals surface area contributed by atoms with Crippen LogP contribution in [0.15, 0.2) is 47.3 Å². The number of fused-ring (bicyclic) bond motifs is 1. The second-order valence-corrected chi connectivity index (χ2v) is 7.98. The number of benzene rings is 2. The first-order valence-corrected chi connectivity index (χ1v) is 10.2. The Morgan fingerprint density at radius 2 is 1.71 bits per heavy atom. The van der Waals surface area contributed by atoms with Crippen molar-refractivity contribution in [3.8, 4) is 0 Å². The predicted octanol–water partition coefficient (Wildman–Crippen LogP) is 4.54. The third-order valence-corrected chi connectivity index (χ3v) is 5.55. The first-order chi connectivity index (χ1) is 14.8. The quantitative estimate of drug-likeness (QED) is 0.439. The largest absolute Gasteiger partial charge is 0.326 e. The summed E-state index contributed by atoms with van der Waals surface area (Å²) >= 11 is 17.7. The van der Waals surface area contributed by atoms with Crippen LogP contribution >= 0.6 is 34.8 Å². The second-order valence-electron chi connectivity index (χ2n) is 6.73. The predicted molar refractivity (Wildman–Crippen MR) is 121 cm³/mol. The van der Waals surface area contributed by atoms with E-state index in [9.17, 15) is 14.4 Å². The van der Waals surface area contributed by atoms with Crippen molar-refractivity contribution >= 4 is 69.8 Å². The number of amides is 2. The van der Waals surface area contributed by atoms with E-state index in [1.165, 1.54) is 12.1 Å². The summed E-state index contributed by atoms with van der Waals surface area (Å²) < 4.78 is 0. The van der Waals surface area contributed by atoms with Gasteiger partial charge in [-0.15, -0.1) is 0 Å². The van der Waals surface area contributed by atoms with Gasteiger partial charge in [-0.3, -0.25) is 19.4 Å². The highest BCUT2D eigenvalue weighted by Gasteiger charge is 2.34. The number of halogens is 3. The molecule has 1 aliphatic heterocycles. The third-order valence-electron chi connectivity index (χ3n) is 4.56. The SMILES string of the molecule is O=C1CC(C(=O)Nc2ccc(Cl)c(Cl)c2)c2c(nc(Nc3ccc(Cl)cc3)[nH]c2=O)N1. The van der Waals surface area contributed by atoms with Crippen molar-refractivity contribution in [2.75, 3.05) is 16.0 Å². The standard InChI is InChI=1S/C20H14Cl3N5O3/c21-9-1-3-10(4-2-9)25-20-27-17-16(19(31)28-20)12(8-15(29)26-17)18(30)24-11-5-6-13(22)14(23)7-11/h1-7,12H,8H2,(H,24,30)(H3,25,26,27,28,29,31). The van der Waals surface area contributed by atoms with Gasteiger partial charge in [-0.25, -0.2) is 0 Å². The van der Waals surface area contributed by atoms with Gasteiger partial charge in [0, 0.05) is 22.8 Å². The molecule has 1 atom stereocenters. The topological polar surface area (TPSA) is 116 Å². The first-order valence-electron chi connectivity index (χ1n) is 9.03. The molecule has 3 aromatic rings. The number of nitrogens with one attached hydrogen (secondary N) is 4. The molecule has 31 heavy (non-hydrogen) atoms. The van der Waals surface area contributed by atoms with Crippen LogP contribution in [0.4, 0.5) is 23.1 Å². The van der Waals surface area contributed by atoms with E-state index < -0.39 is 23.3 Å². The van der Waals surface area contributed by atoms with E-state index in [2.05, 4.69) is 25.9 Å². The fraction of sp³-hybridized carbons (Fsp3) is 0.100. The Kier molecular flexibility index (Phi) is 5.86. The van der Waals surface area contributed by atoms with Crippen LogP contribution in [0.1, 0.15) is 17.9 Å².